The van der Waals surface area contributed by atoms with Gasteiger partial charge in [0.15, 0.2) is 5.82 Å². The van der Waals surface area contributed by atoms with E-state index in [2.05, 4.69) is 9.44 Å². The van der Waals surface area contributed by atoms with Crippen molar-refractivity contribution in [2.45, 2.75) is 25.6 Å². The molecule has 2 aliphatic rings. The summed E-state index contributed by atoms with van der Waals surface area (Å²) in [5, 5.41) is 10.9. The van der Waals surface area contributed by atoms with Crippen molar-refractivity contribution in [3.63, 3.8) is 0 Å². The molecule has 1 atom stereocenters. The first-order chi connectivity index (χ1) is 17.6. The number of nitrogens with one attached hydrogen (secondary N) is 2. The molecule has 0 spiro atoms. The number of carbonyl (C=O) groups is 1. The number of carbonyl (C=O) groups excluding carboxylic acids is 1. The van der Waals surface area contributed by atoms with Gasteiger partial charge in [-0.15, -0.1) is 0 Å². The Kier molecular flexibility index (Phi) is 8.02. The number of anilines is 1. The molecule has 0 radical (unpaired) electrons. The van der Waals surface area contributed by atoms with Crippen molar-refractivity contribution >= 4 is 27.6 Å². The first kappa shape index (κ1) is 26.9. The Balaban J connectivity index is 1.66. The average Bonchev–Trinajstić information content (AvgIpc) is 3.38. The summed E-state index contributed by atoms with van der Waals surface area (Å²) in [5.74, 6) is -0.109. The van der Waals surface area contributed by atoms with Gasteiger partial charge in [0.2, 0.25) is 6.29 Å². The SMILES string of the molecule is CNS(=O)(=O)Nc1cccc(CC2=C(CN(C)C)c3ccc(OC(=O)N4CCCC4)cc3OC2O)c1F. The topological polar surface area (TPSA) is 120 Å². The van der Waals surface area contributed by atoms with Crippen molar-refractivity contribution < 1.29 is 32.2 Å². The molecule has 200 valence electrons. The first-order valence-corrected chi connectivity index (χ1v) is 13.4. The molecule has 2 aromatic rings. The molecule has 0 aromatic heterocycles. The van der Waals surface area contributed by atoms with Gasteiger partial charge >= 0.3 is 6.09 Å². The Morgan fingerprint density at radius 2 is 1.97 bits per heavy atom. The minimum atomic E-state index is -3.91. The van der Waals surface area contributed by atoms with Gasteiger partial charge in [-0.3, -0.25) is 4.72 Å². The van der Waals surface area contributed by atoms with Gasteiger partial charge in [-0.25, -0.2) is 13.9 Å². The first-order valence-electron chi connectivity index (χ1n) is 11.9. The molecule has 2 heterocycles. The highest BCUT2D eigenvalue weighted by Crippen LogP contribution is 2.39. The van der Waals surface area contributed by atoms with Crippen LogP contribution in [0.15, 0.2) is 42.0 Å². The molecule has 0 saturated carbocycles. The molecule has 0 bridgehead atoms. The summed E-state index contributed by atoms with van der Waals surface area (Å²) in [6.07, 6.45) is 0.0602. The summed E-state index contributed by atoms with van der Waals surface area (Å²) in [6.45, 7) is 1.74. The lowest BCUT2D eigenvalue weighted by Crippen LogP contribution is -2.31. The van der Waals surface area contributed by atoms with Crippen molar-refractivity contribution in [2.24, 2.45) is 0 Å². The summed E-state index contributed by atoms with van der Waals surface area (Å²) in [7, 11) is 1.04. The lowest BCUT2D eigenvalue weighted by atomic mass is 9.91. The maximum atomic E-state index is 15.2. The second kappa shape index (κ2) is 11.1. The van der Waals surface area contributed by atoms with Crippen LogP contribution in [0, 0.1) is 5.82 Å². The monoisotopic (exact) mass is 534 g/mol. The van der Waals surface area contributed by atoms with Gasteiger partial charge in [-0.1, -0.05) is 12.1 Å². The largest absolute Gasteiger partial charge is 0.460 e. The van der Waals surface area contributed by atoms with Gasteiger partial charge in [0, 0.05) is 50.3 Å². The van der Waals surface area contributed by atoms with E-state index in [0.29, 0.717) is 42.3 Å². The zero-order chi connectivity index (χ0) is 26.7. The Bertz CT molecular complexity index is 1310. The number of halogens is 1. The number of hydrogen-bond donors (Lipinski definition) is 3. The van der Waals surface area contributed by atoms with E-state index in [1.54, 1.807) is 23.1 Å². The number of likely N-dealkylation sites (N-methyl/N-ethyl adjacent to an activating group) is 1. The molecule has 37 heavy (non-hydrogen) atoms. The Morgan fingerprint density at radius 3 is 2.65 bits per heavy atom. The van der Waals surface area contributed by atoms with Crippen LogP contribution in [0.4, 0.5) is 14.9 Å². The van der Waals surface area contributed by atoms with Gasteiger partial charge in [0.25, 0.3) is 10.2 Å². The number of aliphatic hydroxyl groups excluding tert-OH is 1. The zero-order valence-electron chi connectivity index (χ0n) is 21.0. The van der Waals surface area contributed by atoms with Gasteiger partial charge in [-0.05, 0) is 56.3 Å². The van der Waals surface area contributed by atoms with E-state index >= 15 is 4.39 Å². The molecule has 10 nitrogen and oxygen atoms in total. The molecule has 0 aliphatic carbocycles. The highest BCUT2D eigenvalue weighted by Gasteiger charge is 2.30. The fourth-order valence-corrected chi connectivity index (χ4v) is 4.93. The van der Waals surface area contributed by atoms with Crippen molar-refractivity contribution in [3.05, 3.63) is 58.9 Å². The third-order valence-electron chi connectivity index (χ3n) is 6.22. The fraction of sp³-hybridized carbons (Fsp3) is 0.400. The number of benzene rings is 2. The summed E-state index contributed by atoms with van der Waals surface area (Å²) < 4.78 is 54.5. The predicted octanol–water partition coefficient (Wildman–Crippen LogP) is 2.57. The number of fused-ring (bicyclic) bond motifs is 1. The van der Waals surface area contributed by atoms with Crippen molar-refractivity contribution in [1.82, 2.24) is 14.5 Å². The number of ether oxygens (including phenoxy) is 2. The minimum Gasteiger partial charge on any atom is -0.460 e. The van der Waals surface area contributed by atoms with Crippen LogP contribution in [0.1, 0.15) is 24.0 Å². The number of aliphatic hydroxyl groups is 1. The molecule has 4 rings (SSSR count). The molecular formula is C25H31FN4O6S. The highest BCUT2D eigenvalue weighted by atomic mass is 32.2. The van der Waals surface area contributed by atoms with Gasteiger partial charge in [0.1, 0.15) is 11.5 Å². The summed E-state index contributed by atoms with van der Waals surface area (Å²) in [6, 6.07) is 9.35. The van der Waals surface area contributed by atoms with E-state index in [0.717, 1.165) is 18.4 Å². The van der Waals surface area contributed by atoms with E-state index in [1.807, 2.05) is 19.0 Å². The van der Waals surface area contributed by atoms with Crippen LogP contribution in [0.5, 0.6) is 11.5 Å². The lowest BCUT2D eigenvalue weighted by Gasteiger charge is -2.30. The number of rotatable bonds is 8. The van der Waals surface area contributed by atoms with Crippen LogP contribution >= 0.6 is 0 Å². The molecule has 2 aromatic carbocycles. The van der Waals surface area contributed by atoms with Crippen LogP contribution in [0.25, 0.3) is 5.57 Å². The molecule has 1 saturated heterocycles. The normalized spacial score (nSPS) is 17.6. The van der Waals surface area contributed by atoms with Crippen LogP contribution in [0.3, 0.4) is 0 Å². The number of nitrogens with zero attached hydrogens (tertiary/aromatic N) is 2. The van der Waals surface area contributed by atoms with Crippen LogP contribution in [0.2, 0.25) is 0 Å². The summed E-state index contributed by atoms with van der Waals surface area (Å²) in [4.78, 5) is 15.9. The third-order valence-corrected chi connectivity index (χ3v) is 7.25. The lowest BCUT2D eigenvalue weighted by molar-refractivity contribution is 0.00994. The quantitative estimate of drug-likeness (QED) is 0.476. The molecular weight excluding hydrogens is 503 g/mol. The Hall–Kier alpha value is -3.19. The minimum absolute atomic E-state index is 0.0174. The fourth-order valence-electron chi connectivity index (χ4n) is 4.38. The molecule has 1 fully saturated rings. The maximum Gasteiger partial charge on any atom is 0.415 e. The molecule has 12 heteroatoms. The van der Waals surface area contributed by atoms with Crippen LogP contribution < -0.4 is 18.9 Å². The van der Waals surface area contributed by atoms with Crippen molar-refractivity contribution in [1.29, 1.82) is 0 Å². The van der Waals surface area contributed by atoms with Crippen LogP contribution in [-0.2, 0) is 16.6 Å². The van der Waals surface area contributed by atoms with E-state index in [4.69, 9.17) is 9.47 Å². The smallest absolute Gasteiger partial charge is 0.415 e. The number of likely N-dealkylation sites (tertiary alicyclic amines) is 1. The Morgan fingerprint density at radius 1 is 1.24 bits per heavy atom. The summed E-state index contributed by atoms with van der Waals surface area (Å²) >= 11 is 0. The van der Waals surface area contributed by atoms with Gasteiger partial charge in [0.05, 0.1) is 5.69 Å². The summed E-state index contributed by atoms with van der Waals surface area (Å²) in [5.41, 5.74) is 1.83. The third kappa shape index (κ3) is 6.21. The van der Waals surface area contributed by atoms with E-state index in [1.165, 1.54) is 25.2 Å². The van der Waals surface area contributed by atoms with Crippen molar-refractivity contribution in [2.75, 3.05) is 45.5 Å². The number of hydrogen-bond acceptors (Lipinski definition) is 7. The molecule has 1 amide bonds. The maximum absolute atomic E-state index is 15.2. The highest BCUT2D eigenvalue weighted by molar-refractivity contribution is 7.90. The predicted molar refractivity (Wildman–Crippen MR) is 137 cm³/mol. The van der Waals surface area contributed by atoms with E-state index < -0.39 is 28.4 Å². The zero-order valence-corrected chi connectivity index (χ0v) is 21.8. The number of amides is 1. The second-order valence-electron chi connectivity index (χ2n) is 9.20. The molecule has 2 aliphatic heterocycles. The Labute approximate surface area is 215 Å². The average molecular weight is 535 g/mol. The van der Waals surface area contributed by atoms with Gasteiger partial charge < -0.3 is 24.4 Å². The van der Waals surface area contributed by atoms with Crippen molar-refractivity contribution in [3.8, 4) is 11.5 Å². The second-order valence-corrected chi connectivity index (χ2v) is 10.8. The molecule has 3 N–H and O–H groups in total. The molecule has 1 unspecified atom stereocenters. The van der Waals surface area contributed by atoms with E-state index in [9.17, 15) is 18.3 Å². The standard InChI is InChI=1S/C25H31FN4O6S/c1-27-37(33,34)28-21-8-6-7-16(23(21)26)13-19-20(15-29(2)3)18-10-9-17(14-22(18)36-24(19)31)35-25(32)30-11-4-5-12-30/h6-10,14,24,27-28,31H,4-5,11-13,15H2,1-3H3. The van der Waals surface area contributed by atoms with Gasteiger partial charge in [-0.2, -0.15) is 8.42 Å². The van der Waals surface area contributed by atoms with E-state index in [-0.39, 0.29) is 17.7 Å². The van der Waals surface area contributed by atoms with Crippen LogP contribution in [-0.4, -0.2) is 76.5 Å².